The lowest BCUT2D eigenvalue weighted by Crippen LogP contribution is -2.21. The van der Waals surface area contributed by atoms with Crippen molar-refractivity contribution in [2.24, 2.45) is 0 Å². The van der Waals surface area contributed by atoms with Crippen LogP contribution in [0, 0.1) is 0 Å². The Kier molecular flexibility index (Phi) is 6.83. The van der Waals surface area contributed by atoms with Gasteiger partial charge >= 0.3 is 0 Å². The molecular formula is C17H25N3S. The van der Waals surface area contributed by atoms with Crippen molar-refractivity contribution in [3.05, 3.63) is 45.9 Å². The van der Waals surface area contributed by atoms with Gasteiger partial charge in [-0.3, -0.25) is 0 Å². The van der Waals surface area contributed by atoms with E-state index in [1.165, 1.54) is 36.3 Å². The third-order valence-corrected chi connectivity index (χ3v) is 4.56. The van der Waals surface area contributed by atoms with E-state index in [0.717, 1.165) is 18.0 Å². The first kappa shape index (κ1) is 16.1. The molecule has 0 spiro atoms. The molecule has 1 N–H and O–H groups in total. The maximum atomic E-state index is 4.42. The predicted octanol–water partition coefficient (Wildman–Crippen LogP) is 4.36. The van der Waals surface area contributed by atoms with Crippen molar-refractivity contribution in [1.29, 1.82) is 0 Å². The van der Waals surface area contributed by atoms with Crippen LogP contribution in [0.15, 0.2) is 30.3 Å². The van der Waals surface area contributed by atoms with Crippen LogP contribution in [-0.2, 0) is 6.42 Å². The number of aromatic nitrogens is 2. The highest BCUT2D eigenvalue weighted by Crippen LogP contribution is 2.25. The third kappa shape index (κ3) is 4.90. The smallest absolute Gasteiger partial charge is 0.139 e. The van der Waals surface area contributed by atoms with E-state index >= 15 is 0 Å². The summed E-state index contributed by atoms with van der Waals surface area (Å²) in [5.41, 5.74) is 1.26. The van der Waals surface area contributed by atoms with Crippen molar-refractivity contribution in [2.75, 3.05) is 6.54 Å². The van der Waals surface area contributed by atoms with E-state index in [0.29, 0.717) is 0 Å². The lowest BCUT2D eigenvalue weighted by Gasteiger charge is -2.14. The molecule has 0 amide bonds. The first-order valence-corrected chi connectivity index (χ1v) is 8.77. The molecule has 1 unspecified atom stereocenters. The van der Waals surface area contributed by atoms with Crippen LogP contribution in [0.5, 0.6) is 0 Å². The number of rotatable bonds is 9. The topological polar surface area (TPSA) is 37.8 Å². The van der Waals surface area contributed by atoms with E-state index in [-0.39, 0.29) is 6.04 Å². The highest BCUT2D eigenvalue weighted by Gasteiger charge is 2.17. The molecule has 1 heterocycles. The lowest BCUT2D eigenvalue weighted by molar-refractivity contribution is 0.620. The van der Waals surface area contributed by atoms with E-state index in [1.54, 1.807) is 11.3 Å². The summed E-state index contributed by atoms with van der Waals surface area (Å²) in [5, 5.41) is 14.5. The second kappa shape index (κ2) is 8.90. The number of benzene rings is 1. The Morgan fingerprint density at radius 1 is 1.05 bits per heavy atom. The zero-order valence-corrected chi connectivity index (χ0v) is 13.8. The molecule has 3 nitrogen and oxygen atoms in total. The van der Waals surface area contributed by atoms with E-state index in [4.69, 9.17) is 0 Å². The van der Waals surface area contributed by atoms with Gasteiger partial charge in [0, 0.05) is 6.42 Å². The van der Waals surface area contributed by atoms with Crippen LogP contribution in [0.1, 0.15) is 61.2 Å². The first-order valence-electron chi connectivity index (χ1n) is 7.95. The van der Waals surface area contributed by atoms with Crippen molar-refractivity contribution >= 4 is 11.3 Å². The molecule has 1 aromatic heterocycles. The molecule has 2 rings (SSSR count). The zero-order valence-electron chi connectivity index (χ0n) is 13.0. The van der Waals surface area contributed by atoms with E-state index < -0.39 is 0 Å². The minimum atomic E-state index is 0.165. The SMILES string of the molecule is CCCCCCc1nnc(C(NCC)c2ccccc2)s1. The average molecular weight is 303 g/mol. The quantitative estimate of drug-likeness (QED) is 0.699. The third-order valence-electron chi connectivity index (χ3n) is 3.51. The summed E-state index contributed by atoms with van der Waals surface area (Å²) in [6, 6.07) is 10.7. The Morgan fingerprint density at radius 3 is 2.57 bits per heavy atom. The summed E-state index contributed by atoms with van der Waals surface area (Å²) in [4.78, 5) is 0. The van der Waals surface area contributed by atoms with Gasteiger partial charge in [-0.05, 0) is 18.5 Å². The fourth-order valence-corrected chi connectivity index (χ4v) is 3.37. The van der Waals surface area contributed by atoms with Crippen LogP contribution in [-0.4, -0.2) is 16.7 Å². The Bertz CT molecular complexity index is 510. The minimum Gasteiger partial charge on any atom is -0.304 e. The van der Waals surface area contributed by atoms with Crippen molar-refractivity contribution in [3.8, 4) is 0 Å². The summed E-state index contributed by atoms with van der Waals surface area (Å²) in [6.07, 6.45) is 6.17. The standard InChI is InChI=1S/C17H25N3S/c1-3-5-6-10-13-15-19-20-17(21-15)16(18-4-2)14-11-8-7-9-12-14/h7-9,11-12,16,18H,3-6,10,13H2,1-2H3. The van der Waals surface area contributed by atoms with Gasteiger partial charge in [-0.2, -0.15) is 0 Å². The van der Waals surface area contributed by atoms with Crippen LogP contribution < -0.4 is 5.32 Å². The van der Waals surface area contributed by atoms with Gasteiger partial charge in [0.2, 0.25) is 0 Å². The second-order valence-electron chi connectivity index (χ2n) is 5.25. The van der Waals surface area contributed by atoms with Crippen LogP contribution >= 0.6 is 11.3 Å². The average Bonchev–Trinajstić information content (AvgIpc) is 2.98. The van der Waals surface area contributed by atoms with Crippen molar-refractivity contribution < 1.29 is 0 Å². The summed E-state index contributed by atoms with van der Waals surface area (Å²) in [6.45, 7) is 5.29. The number of hydrogen-bond donors (Lipinski definition) is 1. The lowest BCUT2D eigenvalue weighted by atomic mass is 10.1. The molecule has 0 aliphatic heterocycles. The predicted molar refractivity (Wildman–Crippen MR) is 89.7 cm³/mol. The molecule has 21 heavy (non-hydrogen) atoms. The molecule has 0 fully saturated rings. The number of unbranched alkanes of at least 4 members (excludes halogenated alkanes) is 3. The maximum absolute atomic E-state index is 4.42. The van der Waals surface area contributed by atoms with Crippen LogP contribution in [0.25, 0.3) is 0 Å². The molecule has 2 aromatic rings. The van der Waals surface area contributed by atoms with Gasteiger partial charge in [-0.15, -0.1) is 10.2 Å². The van der Waals surface area contributed by atoms with Crippen LogP contribution in [0.2, 0.25) is 0 Å². The van der Waals surface area contributed by atoms with Gasteiger partial charge in [-0.1, -0.05) is 74.8 Å². The van der Waals surface area contributed by atoms with Crippen LogP contribution in [0.3, 0.4) is 0 Å². The number of aryl methyl sites for hydroxylation is 1. The van der Waals surface area contributed by atoms with Gasteiger partial charge in [-0.25, -0.2) is 0 Å². The van der Waals surface area contributed by atoms with Gasteiger partial charge in [0.25, 0.3) is 0 Å². The van der Waals surface area contributed by atoms with Crippen LogP contribution in [0.4, 0.5) is 0 Å². The molecule has 0 radical (unpaired) electrons. The second-order valence-corrected chi connectivity index (χ2v) is 6.34. The fraction of sp³-hybridized carbons (Fsp3) is 0.529. The molecule has 114 valence electrons. The Balaban J connectivity index is 2.02. The van der Waals surface area contributed by atoms with Gasteiger partial charge in [0.05, 0.1) is 6.04 Å². The molecule has 0 saturated carbocycles. The summed E-state index contributed by atoms with van der Waals surface area (Å²) >= 11 is 1.75. The normalized spacial score (nSPS) is 12.5. The monoisotopic (exact) mass is 303 g/mol. The Labute approximate surface area is 131 Å². The number of nitrogens with one attached hydrogen (secondary N) is 1. The highest BCUT2D eigenvalue weighted by molar-refractivity contribution is 7.11. The molecule has 0 saturated heterocycles. The number of nitrogens with zero attached hydrogens (tertiary/aromatic N) is 2. The largest absolute Gasteiger partial charge is 0.304 e. The van der Waals surface area contributed by atoms with Gasteiger partial charge < -0.3 is 5.32 Å². The molecule has 1 aromatic carbocycles. The summed E-state index contributed by atoms with van der Waals surface area (Å²) < 4.78 is 0. The van der Waals surface area contributed by atoms with E-state index in [1.807, 2.05) is 6.07 Å². The van der Waals surface area contributed by atoms with Gasteiger partial charge in [0.1, 0.15) is 10.0 Å². The molecule has 1 atom stereocenters. The molecule has 0 aliphatic carbocycles. The summed E-state index contributed by atoms with van der Waals surface area (Å²) in [7, 11) is 0. The molecule has 4 heteroatoms. The first-order chi connectivity index (χ1) is 10.3. The van der Waals surface area contributed by atoms with Gasteiger partial charge in [0.15, 0.2) is 0 Å². The molecule has 0 aliphatic rings. The highest BCUT2D eigenvalue weighted by atomic mass is 32.1. The fourth-order valence-electron chi connectivity index (χ4n) is 2.38. The molecular weight excluding hydrogens is 278 g/mol. The van der Waals surface area contributed by atoms with E-state index in [2.05, 4.69) is 53.6 Å². The van der Waals surface area contributed by atoms with Crippen molar-refractivity contribution in [1.82, 2.24) is 15.5 Å². The maximum Gasteiger partial charge on any atom is 0.139 e. The molecule has 0 bridgehead atoms. The number of hydrogen-bond acceptors (Lipinski definition) is 4. The van der Waals surface area contributed by atoms with Crippen molar-refractivity contribution in [2.45, 2.75) is 52.0 Å². The Hall–Kier alpha value is -1.26. The minimum absolute atomic E-state index is 0.165. The summed E-state index contributed by atoms with van der Waals surface area (Å²) in [5.74, 6) is 0. The zero-order chi connectivity index (χ0) is 14.9. The Morgan fingerprint density at radius 2 is 1.86 bits per heavy atom. The van der Waals surface area contributed by atoms with E-state index in [9.17, 15) is 0 Å². The van der Waals surface area contributed by atoms with Crippen molar-refractivity contribution in [3.63, 3.8) is 0 Å².